The molecule has 0 saturated carbocycles. The highest BCUT2D eigenvalue weighted by Crippen LogP contribution is 2.34. The quantitative estimate of drug-likeness (QED) is 0.571. The van der Waals surface area contributed by atoms with E-state index in [4.69, 9.17) is 9.47 Å². The number of carbonyl (C=O) groups is 1. The highest BCUT2D eigenvalue weighted by molar-refractivity contribution is 5.99. The van der Waals surface area contributed by atoms with Crippen molar-refractivity contribution in [2.75, 3.05) is 33.4 Å². The van der Waals surface area contributed by atoms with Crippen LogP contribution in [0.15, 0.2) is 12.1 Å². The van der Waals surface area contributed by atoms with Gasteiger partial charge in [0, 0.05) is 31.6 Å². The highest BCUT2D eigenvalue weighted by atomic mass is 35.5. The molecule has 1 heterocycles. The first kappa shape index (κ1) is 19.0. The second-order valence-electron chi connectivity index (χ2n) is 4.94. The fourth-order valence-electron chi connectivity index (χ4n) is 2.14. The molecule has 23 heavy (non-hydrogen) atoms. The van der Waals surface area contributed by atoms with Crippen LogP contribution in [0, 0.1) is 16.0 Å². The lowest BCUT2D eigenvalue weighted by Gasteiger charge is -2.27. The number of nitrogens with one attached hydrogen (secondary N) is 2. The summed E-state index contributed by atoms with van der Waals surface area (Å²) in [7, 11) is 1.39. The number of nitrogens with zero attached hydrogens (tertiary/aromatic N) is 1. The maximum absolute atomic E-state index is 12.2. The van der Waals surface area contributed by atoms with Gasteiger partial charge in [-0.2, -0.15) is 0 Å². The third kappa shape index (κ3) is 4.46. The summed E-state index contributed by atoms with van der Waals surface area (Å²) in [5, 5.41) is 17.0. The third-order valence-corrected chi connectivity index (χ3v) is 3.44. The van der Waals surface area contributed by atoms with Crippen molar-refractivity contribution >= 4 is 24.0 Å². The van der Waals surface area contributed by atoms with Gasteiger partial charge in [0.15, 0.2) is 11.5 Å². The van der Waals surface area contributed by atoms with Gasteiger partial charge in [-0.1, -0.05) is 0 Å². The van der Waals surface area contributed by atoms with Crippen LogP contribution in [0.3, 0.4) is 0 Å². The summed E-state index contributed by atoms with van der Waals surface area (Å²) in [5.41, 5.74) is -0.328. The van der Waals surface area contributed by atoms with Crippen LogP contribution < -0.4 is 20.1 Å². The van der Waals surface area contributed by atoms with Crippen LogP contribution >= 0.6 is 12.4 Å². The van der Waals surface area contributed by atoms with E-state index < -0.39 is 10.8 Å². The highest BCUT2D eigenvalue weighted by Gasteiger charge is 2.26. The van der Waals surface area contributed by atoms with Gasteiger partial charge in [0.05, 0.1) is 24.7 Å². The number of nitro benzene ring substituents is 1. The summed E-state index contributed by atoms with van der Waals surface area (Å²) in [6, 6.07) is 2.57. The third-order valence-electron chi connectivity index (χ3n) is 3.44. The van der Waals surface area contributed by atoms with Crippen molar-refractivity contribution in [3.63, 3.8) is 0 Å². The molecule has 0 bridgehead atoms. The molecule has 2 rings (SSSR count). The Balaban J connectivity index is 0.00000264. The number of hydrogen-bond donors (Lipinski definition) is 2. The number of hydrogen-bond acceptors (Lipinski definition) is 6. The second kappa shape index (κ2) is 8.54. The molecule has 0 unspecified atom stereocenters. The van der Waals surface area contributed by atoms with Gasteiger partial charge >= 0.3 is 0 Å². The van der Waals surface area contributed by atoms with Crippen LogP contribution in [0.1, 0.15) is 17.3 Å². The van der Waals surface area contributed by atoms with Crippen LogP contribution in [-0.4, -0.2) is 44.2 Å². The van der Waals surface area contributed by atoms with Crippen molar-refractivity contribution in [3.05, 3.63) is 27.8 Å². The van der Waals surface area contributed by atoms with E-state index in [1.54, 1.807) is 6.92 Å². The number of halogens is 1. The van der Waals surface area contributed by atoms with E-state index in [1.807, 2.05) is 0 Å². The number of benzene rings is 1. The molecule has 128 valence electrons. The molecule has 1 saturated heterocycles. The summed E-state index contributed by atoms with van der Waals surface area (Å²) in [4.78, 5) is 22.8. The van der Waals surface area contributed by atoms with Crippen molar-refractivity contribution < 1.29 is 19.2 Å². The number of methoxy groups -OCH3 is 1. The minimum absolute atomic E-state index is 0. The van der Waals surface area contributed by atoms with Crippen LogP contribution in [-0.2, 0) is 0 Å². The van der Waals surface area contributed by atoms with Crippen molar-refractivity contribution in [2.45, 2.75) is 6.92 Å². The lowest BCUT2D eigenvalue weighted by molar-refractivity contribution is -0.385. The van der Waals surface area contributed by atoms with Crippen LogP contribution in [0.2, 0.25) is 0 Å². The first-order chi connectivity index (χ1) is 10.6. The standard InChI is InChI=1S/C14H19N3O5.ClH/c1-3-22-13-4-10(11(17(19)20)5-12(13)21-2)14(18)16-8-9-6-15-7-9;/h4-5,9,15H,3,6-8H2,1-2H3,(H,16,18);1H. The van der Waals surface area contributed by atoms with Gasteiger partial charge in [-0.3, -0.25) is 14.9 Å². The molecular formula is C14H20ClN3O5. The van der Waals surface area contributed by atoms with Crippen LogP contribution in [0.25, 0.3) is 0 Å². The minimum Gasteiger partial charge on any atom is -0.493 e. The van der Waals surface area contributed by atoms with Crippen LogP contribution in [0.4, 0.5) is 5.69 Å². The molecule has 0 aromatic heterocycles. The molecule has 1 aliphatic heterocycles. The molecular weight excluding hydrogens is 326 g/mol. The zero-order valence-corrected chi connectivity index (χ0v) is 13.8. The normalized spacial score (nSPS) is 13.5. The summed E-state index contributed by atoms with van der Waals surface area (Å²) in [6.45, 7) is 4.32. The van der Waals surface area contributed by atoms with Crippen LogP contribution in [0.5, 0.6) is 11.5 Å². The molecule has 1 aromatic rings. The maximum atomic E-state index is 12.2. The van der Waals surface area contributed by atoms with E-state index in [0.717, 1.165) is 13.1 Å². The monoisotopic (exact) mass is 345 g/mol. The van der Waals surface area contributed by atoms with Crippen molar-refractivity contribution in [1.29, 1.82) is 0 Å². The molecule has 1 aliphatic rings. The molecule has 0 spiro atoms. The van der Waals surface area contributed by atoms with E-state index in [2.05, 4.69) is 10.6 Å². The first-order valence-electron chi connectivity index (χ1n) is 7.05. The molecule has 8 nitrogen and oxygen atoms in total. The smallest absolute Gasteiger partial charge is 0.286 e. The Morgan fingerprint density at radius 2 is 2.13 bits per heavy atom. The molecule has 2 N–H and O–H groups in total. The molecule has 1 fully saturated rings. The Kier molecular flexibility index (Phi) is 7.05. The number of nitro groups is 1. The summed E-state index contributed by atoms with van der Waals surface area (Å²) < 4.78 is 10.5. The average Bonchev–Trinajstić information content (AvgIpc) is 2.45. The predicted octanol–water partition coefficient (Wildman–Crippen LogP) is 1.37. The zero-order valence-electron chi connectivity index (χ0n) is 13.0. The molecule has 1 aromatic carbocycles. The predicted molar refractivity (Wildman–Crippen MR) is 86.8 cm³/mol. The van der Waals surface area contributed by atoms with Gasteiger partial charge in [0.25, 0.3) is 11.6 Å². The average molecular weight is 346 g/mol. The molecule has 1 amide bonds. The lowest BCUT2D eigenvalue weighted by atomic mass is 10.0. The van der Waals surface area contributed by atoms with Gasteiger partial charge in [0.1, 0.15) is 5.56 Å². The number of ether oxygens (including phenoxy) is 2. The number of carbonyl (C=O) groups excluding carboxylic acids is 1. The van der Waals surface area contributed by atoms with E-state index in [0.29, 0.717) is 24.8 Å². The Bertz CT molecular complexity index is 578. The Hall–Kier alpha value is -2.06. The molecule has 0 atom stereocenters. The van der Waals surface area contributed by atoms with Crippen molar-refractivity contribution in [3.8, 4) is 11.5 Å². The molecule has 9 heteroatoms. The van der Waals surface area contributed by atoms with Gasteiger partial charge in [-0.25, -0.2) is 0 Å². The summed E-state index contributed by atoms with van der Waals surface area (Å²) in [6.07, 6.45) is 0. The van der Waals surface area contributed by atoms with E-state index in [1.165, 1.54) is 19.2 Å². The first-order valence-corrected chi connectivity index (χ1v) is 7.05. The SMILES string of the molecule is CCOc1cc(C(=O)NCC2CNC2)c([N+](=O)[O-])cc1OC.Cl. The van der Waals surface area contributed by atoms with Crippen molar-refractivity contribution in [1.82, 2.24) is 10.6 Å². The second-order valence-corrected chi connectivity index (χ2v) is 4.94. The Morgan fingerprint density at radius 3 is 2.61 bits per heavy atom. The summed E-state index contributed by atoms with van der Waals surface area (Å²) in [5.74, 6) is 0.425. The molecule has 0 radical (unpaired) electrons. The van der Waals surface area contributed by atoms with Gasteiger partial charge in [-0.05, 0) is 6.92 Å². The van der Waals surface area contributed by atoms with Gasteiger partial charge in [-0.15, -0.1) is 12.4 Å². The largest absolute Gasteiger partial charge is 0.493 e. The number of amides is 1. The Morgan fingerprint density at radius 1 is 1.43 bits per heavy atom. The molecule has 0 aliphatic carbocycles. The van der Waals surface area contributed by atoms with Gasteiger partial charge < -0.3 is 20.1 Å². The minimum atomic E-state index is -0.599. The number of rotatable bonds is 7. The summed E-state index contributed by atoms with van der Waals surface area (Å²) >= 11 is 0. The fourth-order valence-corrected chi connectivity index (χ4v) is 2.14. The lowest BCUT2D eigenvalue weighted by Crippen LogP contribution is -2.48. The zero-order chi connectivity index (χ0) is 16.1. The Labute approximate surface area is 140 Å². The maximum Gasteiger partial charge on any atom is 0.286 e. The van der Waals surface area contributed by atoms with E-state index in [9.17, 15) is 14.9 Å². The van der Waals surface area contributed by atoms with Crippen molar-refractivity contribution in [2.24, 2.45) is 5.92 Å². The van der Waals surface area contributed by atoms with Gasteiger partial charge in [0.2, 0.25) is 0 Å². The van der Waals surface area contributed by atoms with E-state index >= 15 is 0 Å². The van der Waals surface area contributed by atoms with E-state index in [-0.39, 0.29) is 29.4 Å². The fraction of sp³-hybridized carbons (Fsp3) is 0.500. The topological polar surface area (TPSA) is 103 Å².